The first-order valence-corrected chi connectivity index (χ1v) is 6.82. The van der Waals surface area contributed by atoms with E-state index < -0.39 is 34.9 Å². The van der Waals surface area contributed by atoms with Gasteiger partial charge in [0.25, 0.3) is 5.91 Å². The van der Waals surface area contributed by atoms with E-state index in [1.807, 2.05) is 0 Å². The van der Waals surface area contributed by atoms with E-state index in [0.717, 1.165) is 11.3 Å². The molecule has 4 amide bonds. The third kappa shape index (κ3) is 2.84. The average Bonchev–Trinajstić information content (AvgIpc) is 2.30. The monoisotopic (exact) mass is 297 g/mol. The predicted molar refractivity (Wildman–Crippen MR) is 71.3 cm³/mol. The maximum Gasteiger partial charge on any atom is 0.319 e. The number of aliphatic carboxylic acids is 1. The van der Waals surface area contributed by atoms with Gasteiger partial charge in [0, 0.05) is 0 Å². The minimum Gasteiger partial charge on any atom is -0.481 e. The van der Waals surface area contributed by atoms with Crippen LogP contribution >= 0.6 is 0 Å². The third-order valence-electron chi connectivity index (χ3n) is 4.20. The molecule has 0 unspecified atom stereocenters. The Balaban J connectivity index is 2.13. The van der Waals surface area contributed by atoms with Crippen LogP contribution in [0.25, 0.3) is 0 Å². The molecule has 2 aliphatic rings. The minimum absolute atomic E-state index is 0.160. The van der Waals surface area contributed by atoms with Crippen LogP contribution in [0.4, 0.5) is 4.79 Å². The average molecular weight is 297 g/mol. The quantitative estimate of drug-likeness (QED) is 0.625. The highest BCUT2D eigenvalue weighted by molar-refractivity contribution is 6.06. The molecule has 8 nitrogen and oxygen atoms in total. The molecule has 0 radical (unpaired) electrons. The molecule has 2 rings (SSSR count). The van der Waals surface area contributed by atoms with Crippen molar-refractivity contribution in [3.05, 3.63) is 0 Å². The Morgan fingerprint density at radius 1 is 1.33 bits per heavy atom. The lowest BCUT2D eigenvalue weighted by Crippen LogP contribution is -2.69. The predicted octanol–water partition coefficient (Wildman–Crippen LogP) is -0.170. The van der Waals surface area contributed by atoms with Gasteiger partial charge in [-0.1, -0.05) is 0 Å². The lowest BCUT2D eigenvalue weighted by molar-refractivity contribution is -0.144. The topological polar surface area (TPSA) is 116 Å². The number of piperazine rings is 1. The van der Waals surface area contributed by atoms with Crippen LogP contribution in [-0.2, 0) is 14.4 Å². The molecule has 0 atom stereocenters. The van der Waals surface area contributed by atoms with Gasteiger partial charge in [-0.25, -0.2) is 4.79 Å². The van der Waals surface area contributed by atoms with Gasteiger partial charge in [-0.2, -0.15) is 0 Å². The minimum atomic E-state index is -1.16. The Labute approximate surface area is 121 Å². The number of carboxylic acids is 1. The standard InChI is InChI=1S/C13H19N3O5/c1-12(2)10(20)14-8(17)7-16(12)11(21)15-13(4-3-5-13)6-9(18)19/h3-7H2,1-2H3,(H,15,21)(H,18,19)(H,14,17,20). The van der Waals surface area contributed by atoms with E-state index in [4.69, 9.17) is 5.11 Å². The van der Waals surface area contributed by atoms with Gasteiger partial charge < -0.3 is 15.3 Å². The highest BCUT2D eigenvalue weighted by Crippen LogP contribution is 2.35. The van der Waals surface area contributed by atoms with E-state index in [1.165, 1.54) is 0 Å². The summed E-state index contributed by atoms with van der Waals surface area (Å²) in [5.41, 5.74) is -1.93. The molecule has 0 aromatic carbocycles. The summed E-state index contributed by atoms with van der Waals surface area (Å²) in [5.74, 6) is -2.08. The Morgan fingerprint density at radius 2 is 1.95 bits per heavy atom. The van der Waals surface area contributed by atoms with Crippen molar-refractivity contribution in [2.24, 2.45) is 0 Å². The number of hydrogen-bond donors (Lipinski definition) is 3. The van der Waals surface area contributed by atoms with Gasteiger partial charge in [-0.05, 0) is 33.1 Å². The van der Waals surface area contributed by atoms with Gasteiger partial charge >= 0.3 is 12.0 Å². The molecule has 1 aliphatic carbocycles. The van der Waals surface area contributed by atoms with Gasteiger partial charge in [0.1, 0.15) is 12.1 Å². The zero-order valence-corrected chi connectivity index (χ0v) is 12.1. The lowest BCUT2D eigenvalue weighted by atomic mass is 9.74. The van der Waals surface area contributed by atoms with Crippen molar-refractivity contribution >= 4 is 23.8 Å². The summed E-state index contributed by atoms with van der Waals surface area (Å²) in [6.07, 6.45) is 1.85. The Morgan fingerprint density at radius 3 is 2.43 bits per heavy atom. The molecule has 0 aromatic heterocycles. The molecular weight excluding hydrogens is 278 g/mol. The van der Waals surface area contributed by atoms with Crippen molar-refractivity contribution in [3.63, 3.8) is 0 Å². The number of hydrogen-bond acceptors (Lipinski definition) is 4. The number of carboxylic acid groups (broad SMARTS) is 1. The van der Waals surface area contributed by atoms with Gasteiger partial charge in [0.05, 0.1) is 12.0 Å². The van der Waals surface area contributed by atoms with Gasteiger partial charge in [-0.15, -0.1) is 0 Å². The lowest BCUT2D eigenvalue weighted by Gasteiger charge is -2.46. The van der Waals surface area contributed by atoms with E-state index in [0.29, 0.717) is 12.8 Å². The second-order valence-electron chi connectivity index (χ2n) is 6.16. The Bertz CT molecular complexity index is 510. The highest BCUT2D eigenvalue weighted by Gasteiger charge is 2.47. The van der Waals surface area contributed by atoms with Crippen molar-refractivity contribution < 1.29 is 24.3 Å². The van der Waals surface area contributed by atoms with Crippen LogP contribution in [0.2, 0.25) is 0 Å². The van der Waals surface area contributed by atoms with Gasteiger partial charge in [0.15, 0.2) is 0 Å². The van der Waals surface area contributed by atoms with Crippen LogP contribution in [0.15, 0.2) is 0 Å². The van der Waals surface area contributed by atoms with Crippen molar-refractivity contribution in [2.75, 3.05) is 6.54 Å². The highest BCUT2D eigenvalue weighted by atomic mass is 16.4. The van der Waals surface area contributed by atoms with Crippen LogP contribution in [0.5, 0.6) is 0 Å². The van der Waals surface area contributed by atoms with E-state index >= 15 is 0 Å². The number of carbonyl (C=O) groups is 4. The van der Waals surface area contributed by atoms with Crippen LogP contribution in [-0.4, -0.2) is 51.4 Å². The van der Waals surface area contributed by atoms with Gasteiger partial charge in [0.2, 0.25) is 5.91 Å². The number of amides is 4. The fraction of sp³-hybridized carbons (Fsp3) is 0.692. The summed E-state index contributed by atoms with van der Waals surface area (Å²) in [4.78, 5) is 47.7. The van der Waals surface area contributed by atoms with E-state index in [2.05, 4.69) is 10.6 Å². The first-order valence-electron chi connectivity index (χ1n) is 6.82. The fourth-order valence-corrected chi connectivity index (χ4v) is 2.64. The van der Waals surface area contributed by atoms with Crippen molar-refractivity contribution in [3.8, 4) is 0 Å². The van der Waals surface area contributed by atoms with Crippen LogP contribution in [0, 0.1) is 0 Å². The zero-order chi connectivity index (χ0) is 15.8. The Kier molecular flexibility index (Phi) is 3.65. The molecule has 21 heavy (non-hydrogen) atoms. The molecular formula is C13H19N3O5. The van der Waals surface area contributed by atoms with Gasteiger partial charge in [-0.3, -0.25) is 19.7 Å². The fourth-order valence-electron chi connectivity index (χ4n) is 2.64. The van der Waals surface area contributed by atoms with E-state index in [9.17, 15) is 19.2 Å². The zero-order valence-electron chi connectivity index (χ0n) is 12.1. The Hall–Kier alpha value is -2.12. The number of nitrogens with zero attached hydrogens (tertiary/aromatic N) is 1. The molecule has 2 fully saturated rings. The maximum atomic E-state index is 12.4. The van der Waals surface area contributed by atoms with Crippen molar-refractivity contribution in [1.82, 2.24) is 15.5 Å². The first kappa shape index (κ1) is 15.3. The summed E-state index contributed by atoms with van der Waals surface area (Å²) >= 11 is 0. The molecule has 8 heteroatoms. The molecule has 1 saturated carbocycles. The molecule has 1 aliphatic heterocycles. The number of urea groups is 1. The number of imide groups is 1. The summed E-state index contributed by atoms with van der Waals surface area (Å²) in [5, 5.41) is 13.8. The summed E-state index contributed by atoms with van der Waals surface area (Å²) in [7, 11) is 0. The summed E-state index contributed by atoms with van der Waals surface area (Å²) in [6.45, 7) is 2.85. The molecule has 0 bridgehead atoms. The molecule has 1 saturated heterocycles. The molecule has 0 spiro atoms. The molecule has 116 valence electrons. The van der Waals surface area contributed by atoms with Crippen LogP contribution in [0.3, 0.4) is 0 Å². The first-order chi connectivity index (χ1) is 9.66. The third-order valence-corrected chi connectivity index (χ3v) is 4.20. The normalized spacial score (nSPS) is 23.0. The second kappa shape index (κ2) is 5.01. The molecule has 3 N–H and O–H groups in total. The van der Waals surface area contributed by atoms with Crippen molar-refractivity contribution in [1.29, 1.82) is 0 Å². The number of rotatable bonds is 3. The second-order valence-corrected chi connectivity index (χ2v) is 6.16. The SMILES string of the molecule is CC1(C)C(=O)NC(=O)CN1C(=O)NC1(CC(=O)O)CCC1. The van der Waals surface area contributed by atoms with Crippen LogP contribution in [0.1, 0.15) is 39.5 Å². The summed E-state index contributed by atoms with van der Waals surface area (Å²) < 4.78 is 0. The molecule has 0 aromatic rings. The molecule has 1 heterocycles. The maximum absolute atomic E-state index is 12.4. The van der Waals surface area contributed by atoms with Crippen molar-refractivity contribution in [2.45, 2.75) is 50.6 Å². The number of nitrogens with one attached hydrogen (secondary N) is 2. The van der Waals surface area contributed by atoms with Crippen LogP contribution < -0.4 is 10.6 Å². The smallest absolute Gasteiger partial charge is 0.319 e. The largest absolute Gasteiger partial charge is 0.481 e. The summed E-state index contributed by atoms with van der Waals surface area (Å²) in [6, 6.07) is -0.579. The number of carbonyl (C=O) groups excluding carboxylic acids is 3. The van der Waals surface area contributed by atoms with E-state index in [1.54, 1.807) is 13.8 Å². The van der Waals surface area contributed by atoms with E-state index in [-0.39, 0.29) is 13.0 Å².